The SMILES string of the molecule is CC1=CC(c2ccccc2)c2c([nH]c(=O)[nH]c2=O)O1. The Kier molecular flexibility index (Phi) is 2.59. The molecule has 2 heterocycles. The predicted octanol–water partition coefficient (Wildman–Crippen LogP) is 1.49. The Morgan fingerprint density at radius 3 is 2.58 bits per heavy atom. The van der Waals surface area contributed by atoms with E-state index in [9.17, 15) is 9.59 Å². The van der Waals surface area contributed by atoms with Crippen LogP contribution in [0.5, 0.6) is 5.88 Å². The number of allylic oxidation sites excluding steroid dienone is 2. The molecular weight excluding hydrogens is 244 g/mol. The van der Waals surface area contributed by atoms with Crippen LogP contribution in [0.2, 0.25) is 0 Å². The van der Waals surface area contributed by atoms with Gasteiger partial charge in [0, 0.05) is 5.92 Å². The Morgan fingerprint density at radius 2 is 1.84 bits per heavy atom. The van der Waals surface area contributed by atoms with E-state index in [0.29, 0.717) is 11.3 Å². The van der Waals surface area contributed by atoms with Crippen molar-refractivity contribution in [1.29, 1.82) is 0 Å². The van der Waals surface area contributed by atoms with E-state index < -0.39 is 11.2 Å². The first-order valence-corrected chi connectivity index (χ1v) is 5.93. The molecule has 0 spiro atoms. The van der Waals surface area contributed by atoms with Gasteiger partial charge in [-0.1, -0.05) is 30.3 Å². The van der Waals surface area contributed by atoms with Crippen molar-refractivity contribution < 1.29 is 4.74 Å². The number of benzene rings is 1. The zero-order valence-electron chi connectivity index (χ0n) is 10.3. The van der Waals surface area contributed by atoms with Gasteiger partial charge in [-0.15, -0.1) is 0 Å². The number of hydrogen-bond acceptors (Lipinski definition) is 3. The maximum absolute atomic E-state index is 12.0. The fourth-order valence-electron chi connectivity index (χ4n) is 2.27. The molecule has 1 atom stereocenters. The second kappa shape index (κ2) is 4.28. The van der Waals surface area contributed by atoms with Crippen molar-refractivity contribution in [3.8, 4) is 5.88 Å². The highest BCUT2D eigenvalue weighted by Gasteiger charge is 2.26. The van der Waals surface area contributed by atoms with E-state index in [0.717, 1.165) is 5.56 Å². The number of aromatic nitrogens is 2. The molecular formula is C14H12N2O3. The molecule has 5 heteroatoms. The van der Waals surface area contributed by atoms with Crippen LogP contribution in [0.4, 0.5) is 0 Å². The van der Waals surface area contributed by atoms with E-state index in [-0.39, 0.29) is 11.8 Å². The minimum absolute atomic E-state index is 0.217. The zero-order valence-corrected chi connectivity index (χ0v) is 10.3. The summed E-state index contributed by atoms with van der Waals surface area (Å²) in [6, 6.07) is 9.61. The lowest BCUT2D eigenvalue weighted by Gasteiger charge is -2.22. The molecule has 1 aliphatic heterocycles. The summed E-state index contributed by atoms with van der Waals surface area (Å²) in [4.78, 5) is 28.1. The van der Waals surface area contributed by atoms with Crippen LogP contribution < -0.4 is 16.0 Å². The standard InChI is InChI=1S/C14H12N2O3/c1-8-7-10(9-5-3-2-4-6-9)11-12(17)15-14(18)16-13(11)19-8/h2-7,10H,1H3,(H2,15,16,17,18). The Hall–Kier alpha value is -2.56. The fraction of sp³-hybridized carbons (Fsp3) is 0.143. The summed E-state index contributed by atoms with van der Waals surface area (Å²) in [7, 11) is 0. The lowest BCUT2D eigenvalue weighted by atomic mass is 9.91. The van der Waals surface area contributed by atoms with Crippen molar-refractivity contribution in [2.75, 3.05) is 0 Å². The van der Waals surface area contributed by atoms with E-state index >= 15 is 0 Å². The molecule has 0 fully saturated rings. The van der Waals surface area contributed by atoms with Gasteiger partial charge in [-0.25, -0.2) is 4.79 Å². The highest BCUT2D eigenvalue weighted by Crippen LogP contribution is 2.33. The second-order valence-corrected chi connectivity index (χ2v) is 4.42. The summed E-state index contributed by atoms with van der Waals surface area (Å²) in [5, 5.41) is 0. The number of rotatable bonds is 1. The highest BCUT2D eigenvalue weighted by atomic mass is 16.5. The van der Waals surface area contributed by atoms with Gasteiger partial charge < -0.3 is 4.74 Å². The van der Waals surface area contributed by atoms with Gasteiger partial charge in [-0.05, 0) is 18.6 Å². The van der Waals surface area contributed by atoms with Crippen LogP contribution in [0.15, 0.2) is 51.8 Å². The minimum atomic E-state index is -0.565. The van der Waals surface area contributed by atoms with Crippen LogP contribution >= 0.6 is 0 Å². The normalized spacial score (nSPS) is 17.3. The summed E-state index contributed by atoms with van der Waals surface area (Å²) in [6.45, 7) is 1.79. The number of H-pyrrole nitrogens is 2. The van der Waals surface area contributed by atoms with Crippen molar-refractivity contribution in [3.63, 3.8) is 0 Å². The lowest BCUT2D eigenvalue weighted by molar-refractivity contribution is 0.385. The van der Waals surface area contributed by atoms with E-state index in [1.807, 2.05) is 36.4 Å². The van der Waals surface area contributed by atoms with Gasteiger partial charge in [-0.2, -0.15) is 0 Å². The van der Waals surface area contributed by atoms with Gasteiger partial charge in [0.2, 0.25) is 5.88 Å². The number of nitrogens with one attached hydrogen (secondary N) is 2. The fourth-order valence-corrected chi connectivity index (χ4v) is 2.27. The molecule has 96 valence electrons. The number of fused-ring (bicyclic) bond motifs is 1. The van der Waals surface area contributed by atoms with Crippen molar-refractivity contribution in [1.82, 2.24) is 9.97 Å². The zero-order chi connectivity index (χ0) is 13.4. The third-order valence-electron chi connectivity index (χ3n) is 3.08. The first-order valence-electron chi connectivity index (χ1n) is 5.93. The maximum Gasteiger partial charge on any atom is 0.328 e. The number of aromatic amines is 2. The van der Waals surface area contributed by atoms with Gasteiger partial charge in [0.25, 0.3) is 5.56 Å². The molecule has 1 aliphatic rings. The molecule has 2 N–H and O–H groups in total. The molecule has 0 amide bonds. The molecule has 1 unspecified atom stereocenters. The van der Waals surface area contributed by atoms with Crippen LogP contribution in [0.3, 0.4) is 0 Å². The predicted molar refractivity (Wildman–Crippen MR) is 70.4 cm³/mol. The summed E-state index contributed by atoms with van der Waals surface area (Å²) in [6.07, 6.45) is 1.87. The van der Waals surface area contributed by atoms with E-state index in [1.54, 1.807) is 6.92 Å². The van der Waals surface area contributed by atoms with Crippen LogP contribution in [-0.4, -0.2) is 9.97 Å². The second-order valence-electron chi connectivity index (χ2n) is 4.42. The molecule has 0 bridgehead atoms. The van der Waals surface area contributed by atoms with Crippen molar-refractivity contribution in [3.05, 3.63) is 74.1 Å². The topological polar surface area (TPSA) is 75.0 Å². The lowest BCUT2D eigenvalue weighted by Crippen LogP contribution is -2.29. The van der Waals surface area contributed by atoms with Crippen LogP contribution in [0, 0.1) is 0 Å². The summed E-state index contributed by atoms with van der Waals surface area (Å²) in [5.41, 5.74) is 0.418. The average Bonchev–Trinajstić information content (AvgIpc) is 2.38. The Morgan fingerprint density at radius 1 is 1.11 bits per heavy atom. The van der Waals surface area contributed by atoms with Crippen LogP contribution in [-0.2, 0) is 0 Å². The van der Waals surface area contributed by atoms with Crippen molar-refractivity contribution >= 4 is 0 Å². The molecule has 0 radical (unpaired) electrons. The van der Waals surface area contributed by atoms with Gasteiger partial charge in [-0.3, -0.25) is 14.8 Å². The smallest absolute Gasteiger partial charge is 0.328 e. The molecule has 5 nitrogen and oxygen atoms in total. The maximum atomic E-state index is 12.0. The Labute approximate surface area is 108 Å². The van der Waals surface area contributed by atoms with E-state index in [4.69, 9.17) is 4.74 Å². The average molecular weight is 256 g/mol. The monoisotopic (exact) mass is 256 g/mol. The first-order chi connectivity index (χ1) is 9.15. The summed E-state index contributed by atoms with van der Waals surface area (Å²) in [5.74, 6) is 0.663. The highest BCUT2D eigenvalue weighted by molar-refractivity contribution is 5.43. The third-order valence-corrected chi connectivity index (χ3v) is 3.08. The van der Waals surface area contributed by atoms with Crippen LogP contribution in [0.25, 0.3) is 0 Å². The first kappa shape index (κ1) is 11.5. The van der Waals surface area contributed by atoms with E-state index in [2.05, 4.69) is 9.97 Å². The molecule has 1 aromatic carbocycles. The summed E-state index contributed by atoms with van der Waals surface area (Å²) < 4.78 is 5.43. The molecule has 19 heavy (non-hydrogen) atoms. The molecule has 0 saturated carbocycles. The van der Waals surface area contributed by atoms with Gasteiger partial charge >= 0.3 is 5.69 Å². The molecule has 1 aromatic heterocycles. The van der Waals surface area contributed by atoms with Gasteiger partial charge in [0.15, 0.2) is 0 Å². The van der Waals surface area contributed by atoms with Crippen LogP contribution in [0.1, 0.15) is 24.0 Å². The van der Waals surface area contributed by atoms with Gasteiger partial charge in [0.05, 0.1) is 11.3 Å². The van der Waals surface area contributed by atoms with Crippen molar-refractivity contribution in [2.45, 2.75) is 12.8 Å². The molecule has 0 aliphatic carbocycles. The van der Waals surface area contributed by atoms with E-state index in [1.165, 1.54) is 0 Å². The Bertz CT molecular complexity index is 756. The molecule has 2 aromatic rings. The largest absolute Gasteiger partial charge is 0.445 e. The Balaban J connectivity index is 2.25. The summed E-state index contributed by atoms with van der Waals surface area (Å²) >= 11 is 0. The number of ether oxygens (including phenoxy) is 1. The number of hydrogen-bond donors (Lipinski definition) is 2. The minimum Gasteiger partial charge on any atom is -0.445 e. The quantitative estimate of drug-likeness (QED) is 0.811. The van der Waals surface area contributed by atoms with Gasteiger partial charge in [0.1, 0.15) is 0 Å². The van der Waals surface area contributed by atoms with Crippen molar-refractivity contribution in [2.24, 2.45) is 0 Å². The molecule has 0 saturated heterocycles. The third kappa shape index (κ3) is 1.99. The molecule has 3 rings (SSSR count).